The van der Waals surface area contributed by atoms with Crippen LogP contribution in [-0.2, 0) is 11.1 Å². The van der Waals surface area contributed by atoms with Gasteiger partial charge in [0.2, 0.25) is 0 Å². The van der Waals surface area contributed by atoms with Crippen molar-refractivity contribution in [3.63, 3.8) is 0 Å². The lowest BCUT2D eigenvalue weighted by Gasteiger charge is -2.19. The van der Waals surface area contributed by atoms with Crippen molar-refractivity contribution in [2.45, 2.75) is 73.4 Å². The topological polar surface area (TPSA) is 192 Å². The Morgan fingerprint density at radius 3 is 1.65 bits per heavy atom. The second-order valence-electron chi connectivity index (χ2n) is 12.0. The van der Waals surface area contributed by atoms with Gasteiger partial charge in [0.1, 0.15) is 36.4 Å². The summed E-state index contributed by atoms with van der Waals surface area (Å²) >= 11 is 0. The summed E-state index contributed by atoms with van der Waals surface area (Å²) in [7, 11) is 3.68. The van der Waals surface area contributed by atoms with Gasteiger partial charge in [0, 0.05) is 19.8 Å². The highest BCUT2D eigenvalue weighted by atomic mass is 15.4. The molecule has 5 N–H and O–H groups in total. The molecule has 6 aromatic rings. The number of nitrogens with zero attached hydrogens (tertiary/aromatic N) is 11. The number of aryl methyl sites for hydroxylation is 3. The van der Waals surface area contributed by atoms with Gasteiger partial charge in [0.05, 0.1) is 38.6 Å². The quantitative estimate of drug-likeness (QED) is 0.227. The van der Waals surface area contributed by atoms with Crippen molar-refractivity contribution in [2.24, 2.45) is 0 Å². The van der Waals surface area contributed by atoms with Gasteiger partial charge in [-0.2, -0.15) is 15.3 Å². The Balaban J connectivity index is 0.000000149. The van der Waals surface area contributed by atoms with Crippen LogP contribution in [0.1, 0.15) is 58.6 Å². The molecule has 0 radical (unpaired) electrons. The molecule has 15 heteroatoms. The van der Waals surface area contributed by atoms with Crippen LogP contribution < -0.4 is 16.4 Å². The van der Waals surface area contributed by atoms with Crippen LogP contribution in [0, 0.1) is 20.8 Å². The Morgan fingerprint density at radius 2 is 1.12 bits per heavy atom. The highest BCUT2D eigenvalue weighted by Crippen LogP contribution is 2.27. The van der Waals surface area contributed by atoms with Gasteiger partial charge in [-0.25, -0.2) is 39.3 Å². The molecule has 0 aliphatic rings. The van der Waals surface area contributed by atoms with Crippen molar-refractivity contribution >= 4 is 50.6 Å². The van der Waals surface area contributed by atoms with Crippen LogP contribution >= 0.6 is 0 Å². The van der Waals surface area contributed by atoms with Gasteiger partial charge in [-0.05, 0) is 62.3 Å². The van der Waals surface area contributed by atoms with E-state index in [4.69, 9.17) is 5.73 Å². The fraction of sp³-hybridized carbons (Fsp3) is 0.464. The molecule has 0 fully saturated rings. The van der Waals surface area contributed by atoms with Crippen LogP contribution in [0.5, 0.6) is 0 Å². The van der Waals surface area contributed by atoms with Crippen molar-refractivity contribution in [3.05, 3.63) is 36.1 Å². The predicted molar refractivity (Wildman–Crippen MR) is 170 cm³/mol. The van der Waals surface area contributed by atoms with Crippen molar-refractivity contribution in [3.8, 4) is 0 Å². The molecule has 0 aromatic carbocycles. The molecular weight excluding hydrogens is 546 g/mol. The molecule has 228 valence electrons. The maximum Gasteiger partial charge on any atom is 0.186 e. The summed E-state index contributed by atoms with van der Waals surface area (Å²) in [5.41, 5.74) is 10.8. The molecule has 0 atom stereocenters. The molecule has 0 saturated carbocycles. The average Bonchev–Trinajstić information content (AvgIpc) is 3.63. The van der Waals surface area contributed by atoms with Gasteiger partial charge < -0.3 is 16.4 Å². The zero-order valence-corrected chi connectivity index (χ0v) is 26.7. The Kier molecular flexibility index (Phi) is 8.46. The number of nitrogens with one attached hydrogen (secondary N) is 3. The third-order valence-corrected chi connectivity index (χ3v) is 6.58. The number of nitrogen functional groups attached to an aromatic ring is 1. The van der Waals surface area contributed by atoms with E-state index < -0.39 is 0 Å². The van der Waals surface area contributed by atoms with Gasteiger partial charge in [-0.15, -0.1) is 0 Å². The summed E-state index contributed by atoms with van der Waals surface area (Å²) in [6.07, 6.45) is 4.53. The van der Waals surface area contributed by atoms with Crippen LogP contribution in [0.2, 0.25) is 0 Å². The molecule has 6 aromatic heterocycles. The number of anilines is 3. The molecule has 0 unspecified atom stereocenters. The Labute approximate surface area is 250 Å². The summed E-state index contributed by atoms with van der Waals surface area (Å²) in [5, 5.41) is 24.7. The summed E-state index contributed by atoms with van der Waals surface area (Å²) in [4.78, 5) is 24.8. The molecule has 6 rings (SSSR count). The summed E-state index contributed by atoms with van der Waals surface area (Å²) in [5.74, 6) is 2.14. The maximum atomic E-state index is 5.81. The fourth-order valence-corrected chi connectivity index (χ4v) is 4.58. The van der Waals surface area contributed by atoms with E-state index in [1.807, 2.05) is 44.2 Å². The minimum absolute atomic E-state index is 0.0775. The number of aromatic nitrogens is 12. The minimum atomic E-state index is -0.104. The van der Waals surface area contributed by atoms with E-state index in [-0.39, 0.29) is 11.1 Å². The normalized spacial score (nSPS) is 11.7. The molecule has 0 aliphatic carbocycles. The number of nitrogens with two attached hydrogens (primary N) is 1. The van der Waals surface area contributed by atoms with Gasteiger partial charge in [-0.3, -0.25) is 5.10 Å². The molecular formula is C28H41N15. The van der Waals surface area contributed by atoms with E-state index >= 15 is 0 Å². The first kappa shape index (κ1) is 31.0. The number of fused-ring (bicyclic) bond motifs is 3. The van der Waals surface area contributed by atoms with Crippen molar-refractivity contribution < 1.29 is 0 Å². The summed E-state index contributed by atoms with van der Waals surface area (Å²) in [6.45, 7) is 18.4. The second kappa shape index (κ2) is 11.7. The second-order valence-corrected chi connectivity index (χ2v) is 12.0. The van der Waals surface area contributed by atoms with E-state index in [9.17, 15) is 0 Å². The van der Waals surface area contributed by atoms with E-state index in [0.29, 0.717) is 11.5 Å². The Hall–Kier alpha value is -4.95. The largest absolute Gasteiger partial charge is 0.383 e. The zero-order valence-electron chi connectivity index (χ0n) is 26.7. The highest BCUT2D eigenvalue weighted by Gasteiger charge is 2.22. The number of hydrogen-bond donors (Lipinski definition) is 4. The summed E-state index contributed by atoms with van der Waals surface area (Å²) < 4.78 is 3.83. The number of aromatic amines is 1. The van der Waals surface area contributed by atoms with Crippen LogP contribution in [0.15, 0.2) is 19.0 Å². The maximum absolute atomic E-state index is 5.81. The first-order valence-electron chi connectivity index (χ1n) is 13.9. The van der Waals surface area contributed by atoms with Crippen LogP contribution in [0.4, 0.5) is 17.5 Å². The SMILES string of the molecule is CNc1ncnc2c1c(C)nn2C(C)(C)C.CNc1ncnc2n[nH]c(C)c12.Cc1nn(C(C)(C)C)c2ncnc(N)c12. The highest BCUT2D eigenvalue weighted by molar-refractivity contribution is 5.90. The fourth-order valence-electron chi connectivity index (χ4n) is 4.58. The van der Waals surface area contributed by atoms with Crippen LogP contribution in [-0.4, -0.2) is 73.8 Å². The van der Waals surface area contributed by atoms with E-state index in [1.165, 1.54) is 12.7 Å². The van der Waals surface area contributed by atoms with Gasteiger partial charge in [0.15, 0.2) is 16.9 Å². The van der Waals surface area contributed by atoms with E-state index in [1.54, 1.807) is 6.33 Å². The standard InChI is InChI=1S/C11H17N5.C10H15N5.C7H9N5/c1-7-8-9(12-5)13-6-14-10(8)16(15-7)11(2,3)4;1-6-7-8(11)12-5-13-9(7)15(14-6)10(2,3)4;1-4-5-6(8-2)9-3-10-7(5)12-11-4/h6H,1-5H3,(H,12,13,14);5H,1-4H3,(H2,11,12,13);3H,1-2H3,(H2,8,9,10,11,12). The van der Waals surface area contributed by atoms with Gasteiger partial charge in [0.25, 0.3) is 0 Å². The molecule has 43 heavy (non-hydrogen) atoms. The first-order valence-corrected chi connectivity index (χ1v) is 13.9. The molecule has 15 nitrogen and oxygen atoms in total. The van der Waals surface area contributed by atoms with Crippen LogP contribution in [0.3, 0.4) is 0 Å². The lowest BCUT2D eigenvalue weighted by Crippen LogP contribution is -2.23. The number of H-pyrrole nitrogens is 1. The summed E-state index contributed by atoms with van der Waals surface area (Å²) in [6, 6.07) is 0. The average molecular weight is 588 g/mol. The zero-order chi connectivity index (χ0) is 31.7. The predicted octanol–water partition coefficient (Wildman–Crippen LogP) is 4.11. The van der Waals surface area contributed by atoms with Gasteiger partial charge >= 0.3 is 0 Å². The molecule has 0 amide bonds. The third-order valence-electron chi connectivity index (χ3n) is 6.58. The van der Waals surface area contributed by atoms with Crippen molar-refractivity contribution in [2.75, 3.05) is 30.5 Å². The van der Waals surface area contributed by atoms with E-state index in [0.717, 1.165) is 56.2 Å². The van der Waals surface area contributed by atoms with Crippen LogP contribution in [0.25, 0.3) is 33.1 Å². The number of rotatable bonds is 2. The lowest BCUT2D eigenvalue weighted by molar-refractivity contribution is 0.364. The lowest BCUT2D eigenvalue weighted by atomic mass is 10.1. The molecule has 0 bridgehead atoms. The third kappa shape index (κ3) is 6.15. The van der Waals surface area contributed by atoms with Crippen molar-refractivity contribution in [1.82, 2.24) is 59.7 Å². The van der Waals surface area contributed by atoms with E-state index in [2.05, 4.69) is 102 Å². The number of hydrogen-bond acceptors (Lipinski definition) is 12. The van der Waals surface area contributed by atoms with Crippen molar-refractivity contribution in [1.29, 1.82) is 0 Å². The first-order chi connectivity index (χ1) is 20.2. The Bertz CT molecular complexity index is 1870. The monoisotopic (exact) mass is 587 g/mol. The molecule has 0 aliphatic heterocycles. The Morgan fingerprint density at radius 1 is 0.651 bits per heavy atom. The van der Waals surface area contributed by atoms with Gasteiger partial charge in [-0.1, -0.05) is 0 Å². The minimum Gasteiger partial charge on any atom is -0.383 e. The molecule has 6 heterocycles. The smallest absolute Gasteiger partial charge is 0.186 e. The molecule has 0 saturated heterocycles. The molecule has 0 spiro atoms.